The van der Waals surface area contributed by atoms with Gasteiger partial charge >= 0.3 is 0 Å². The molecule has 1 aliphatic heterocycles. The number of para-hydroxylation sites is 4. The van der Waals surface area contributed by atoms with Gasteiger partial charge in [-0.15, -0.1) is 11.3 Å². The highest BCUT2D eigenvalue weighted by Gasteiger charge is 2.29. The van der Waals surface area contributed by atoms with Crippen LogP contribution in [-0.4, -0.2) is 19.1 Å². The topological polar surface area (TPSA) is 35.6 Å². The fraction of sp³-hybridized carbons (Fsp3) is 0. The molecule has 0 saturated carbocycles. The number of nitrogens with zero attached hydrogens (tertiary/aromatic N) is 4. The smallest absolute Gasteiger partial charge is 0.235 e. The number of hydrogen-bond acceptors (Lipinski definition) is 3. The summed E-state index contributed by atoms with van der Waals surface area (Å²) in [5.41, 5.74) is 13.7. The normalized spacial score (nSPS) is 12.4. The van der Waals surface area contributed by atoms with Crippen molar-refractivity contribution >= 4 is 86.0 Å². The van der Waals surface area contributed by atoms with Crippen molar-refractivity contribution in [3.05, 3.63) is 170 Å². The van der Waals surface area contributed by atoms with E-state index in [9.17, 15) is 0 Å². The Bertz CT molecular complexity index is 3620. The lowest BCUT2D eigenvalue weighted by atomic mass is 9.91. The van der Waals surface area contributed by atoms with Crippen molar-refractivity contribution in [2.75, 3.05) is 0 Å². The number of thiophene rings is 1. The van der Waals surface area contributed by atoms with Gasteiger partial charge in [0.05, 0.1) is 39.0 Å². The fourth-order valence-corrected chi connectivity index (χ4v) is 10.7. The quantitative estimate of drug-likeness (QED) is 0.179. The third kappa shape index (κ3) is 3.84. The second kappa shape index (κ2) is 10.8. The Kier molecular flexibility index (Phi) is 5.74. The molecular weight excluding hydrogens is 689 g/mol. The molecule has 4 aromatic heterocycles. The van der Waals surface area contributed by atoms with Crippen LogP contribution in [0.2, 0.25) is 0 Å². The van der Waals surface area contributed by atoms with E-state index in [1.807, 2.05) is 11.3 Å². The number of fused-ring (bicyclic) bond motifs is 16. The molecule has 0 amide bonds. The van der Waals surface area contributed by atoms with Crippen LogP contribution in [0.5, 0.6) is 0 Å². The van der Waals surface area contributed by atoms with Gasteiger partial charge in [0.25, 0.3) is 0 Å². The van der Waals surface area contributed by atoms with Crippen molar-refractivity contribution in [2.24, 2.45) is 0 Å². The first-order valence-corrected chi connectivity index (χ1v) is 19.5. The first kappa shape index (κ1) is 29.4. The highest BCUT2D eigenvalue weighted by molar-refractivity contribution is 7.26. The molecule has 0 atom stereocenters. The summed E-state index contributed by atoms with van der Waals surface area (Å²) < 4.78 is 7.33. The van der Waals surface area contributed by atoms with Crippen LogP contribution in [0.4, 0.5) is 0 Å². The van der Waals surface area contributed by atoms with Crippen LogP contribution in [-0.2, 0) is 0 Å². The molecule has 0 radical (unpaired) electrons. The van der Waals surface area contributed by atoms with Gasteiger partial charge in [-0.1, -0.05) is 133 Å². The lowest BCUT2D eigenvalue weighted by Crippen LogP contribution is -2.03. The maximum atomic E-state index is 5.60. The molecule has 5 heteroatoms. The summed E-state index contributed by atoms with van der Waals surface area (Å²) in [6.45, 7) is 0. The molecule has 55 heavy (non-hydrogen) atoms. The minimum atomic E-state index is 0.665. The van der Waals surface area contributed by atoms with Gasteiger partial charge in [0.1, 0.15) is 0 Å². The number of aromatic nitrogens is 4. The Morgan fingerprint density at radius 1 is 0.418 bits per heavy atom. The highest BCUT2D eigenvalue weighted by atomic mass is 32.1. The van der Waals surface area contributed by atoms with Gasteiger partial charge < -0.3 is 4.57 Å². The average Bonchev–Trinajstić information content (AvgIpc) is 3.87. The van der Waals surface area contributed by atoms with Crippen LogP contribution >= 0.6 is 11.3 Å². The fourth-order valence-electron chi connectivity index (χ4n) is 9.44. The SMILES string of the molecule is c1ccc2c(c1)-c1ccccc1-n1c3ccccc3c3cc4c(c-2c31)c1ccccc1n4-c1nc(-c2cccc3c2sc2ccccc23)c2ccccc2n1. The second-order valence-electron chi connectivity index (χ2n) is 14.5. The molecular formula is C50H28N4S. The van der Waals surface area contributed by atoms with E-state index >= 15 is 0 Å². The van der Waals surface area contributed by atoms with Crippen LogP contribution in [0.15, 0.2) is 170 Å². The van der Waals surface area contributed by atoms with Crippen LogP contribution in [0, 0.1) is 0 Å². The Labute approximate surface area is 318 Å². The molecule has 5 heterocycles. The summed E-state index contributed by atoms with van der Waals surface area (Å²) in [6, 6.07) is 61.6. The molecule has 12 aromatic rings. The molecule has 1 aliphatic rings. The van der Waals surface area contributed by atoms with Crippen molar-refractivity contribution in [1.29, 1.82) is 0 Å². The molecule has 0 bridgehead atoms. The van der Waals surface area contributed by atoms with E-state index in [0.29, 0.717) is 5.95 Å². The summed E-state index contributed by atoms with van der Waals surface area (Å²) in [5.74, 6) is 0.665. The second-order valence-corrected chi connectivity index (χ2v) is 15.5. The third-order valence-electron chi connectivity index (χ3n) is 11.7. The summed E-state index contributed by atoms with van der Waals surface area (Å²) in [4.78, 5) is 11.0. The van der Waals surface area contributed by atoms with Crippen molar-refractivity contribution in [3.63, 3.8) is 0 Å². The summed E-state index contributed by atoms with van der Waals surface area (Å²) in [5, 5.41) is 8.40. The van der Waals surface area contributed by atoms with Crippen molar-refractivity contribution < 1.29 is 0 Å². The zero-order valence-corrected chi connectivity index (χ0v) is 30.2. The lowest BCUT2D eigenvalue weighted by molar-refractivity contribution is 1.01. The predicted octanol–water partition coefficient (Wildman–Crippen LogP) is 13.5. The van der Waals surface area contributed by atoms with E-state index < -0.39 is 0 Å². The largest absolute Gasteiger partial charge is 0.308 e. The molecule has 0 fully saturated rings. The van der Waals surface area contributed by atoms with Crippen LogP contribution in [0.25, 0.3) is 120 Å². The Morgan fingerprint density at radius 3 is 1.93 bits per heavy atom. The van der Waals surface area contributed by atoms with E-state index in [4.69, 9.17) is 9.97 Å². The van der Waals surface area contributed by atoms with Gasteiger partial charge in [-0.2, -0.15) is 0 Å². The molecule has 0 unspecified atom stereocenters. The number of hydrogen-bond donors (Lipinski definition) is 0. The minimum Gasteiger partial charge on any atom is -0.308 e. The standard InChI is InChI=1S/C50H28N4S/c1-2-18-33-29(14-1)30-15-4-9-24-40(30)53-41-25-10-5-16-31(41)38-28-43-45(46(33)48(38)53)36-20-6-11-26-42(36)54(43)50-51-39-23-8-3-19-35(39)47(52-50)37-22-13-21-34-32-17-7-12-27-44(32)55-49(34)37/h1-28H. The molecule has 8 aromatic carbocycles. The first-order valence-electron chi connectivity index (χ1n) is 18.7. The third-order valence-corrected chi connectivity index (χ3v) is 12.9. The van der Waals surface area contributed by atoms with E-state index in [2.05, 4.69) is 179 Å². The zero-order valence-electron chi connectivity index (χ0n) is 29.4. The Hall–Kier alpha value is -7.08. The van der Waals surface area contributed by atoms with E-state index in [0.717, 1.165) is 33.2 Å². The van der Waals surface area contributed by atoms with Crippen molar-refractivity contribution in [1.82, 2.24) is 19.1 Å². The number of benzene rings is 8. The monoisotopic (exact) mass is 716 g/mol. The zero-order chi connectivity index (χ0) is 35.8. The average molecular weight is 717 g/mol. The number of rotatable bonds is 2. The minimum absolute atomic E-state index is 0.665. The summed E-state index contributed by atoms with van der Waals surface area (Å²) >= 11 is 1.84. The van der Waals surface area contributed by atoms with Gasteiger partial charge in [0, 0.05) is 63.8 Å². The predicted molar refractivity (Wildman–Crippen MR) is 231 cm³/mol. The Balaban J connectivity index is 1.21. The van der Waals surface area contributed by atoms with Crippen LogP contribution in [0.3, 0.4) is 0 Å². The molecule has 0 aliphatic carbocycles. The summed E-state index contributed by atoms with van der Waals surface area (Å²) in [6.07, 6.45) is 0. The summed E-state index contributed by atoms with van der Waals surface area (Å²) in [7, 11) is 0. The lowest BCUT2D eigenvalue weighted by Gasteiger charge is -2.13. The Morgan fingerprint density at radius 2 is 1.05 bits per heavy atom. The van der Waals surface area contributed by atoms with Gasteiger partial charge in [0.2, 0.25) is 5.95 Å². The van der Waals surface area contributed by atoms with Gasteiger partial charge in [-0.3, -0.25) is 4.57 Å². The van der Waals surface area contributed by atoms with E-state index in [1.54, 1.807) is 0 Å². The van der Waals surface area contributed by atoms with Gasteiger partial charge in [-0.25, -0.2) is 9.97 Å². The van der Waals surface area contributed by atoms with Gasteiger partial charge in [-0.05, 0) is 47.5 Å². The van der Waals surface area contributed by atoms with Crippen LogP contribution in [0.1, 0.15) is 0 Å². The maximum absolute atomic E-state index is 5.60. The van der Waals surface area contributed by atoms with E-state index in [-0.39, 0.29) is 0 Å². The highest BCUT2D eigenvalue weighted by Crippen LogP contribution is 2.52. The molecule has 0 spiro atoms. The van der Waals surface area contributed by atoms with Gasteiger partial charge in [0.15, 0.2) is 0 Å². The molecule has 4 nitrogen and oxygen atoms in total. The van der Waals surface area contributed by atoms with Crippen molar-refractivity contribution in [2.45, 2.75) is 0 Å². The van der Waals surface area contributed by atoms with Crippen molar-refractivity contribution in [3.8, 4) is 45.1 Å². The van der Waals surface area contributed by atoms with Crippen LogP contribution < -0.4 is 0 Å². The maximum Gasteiger partial charge on any atom is 0.235 e. The van der Waals surface area contributed by atoms with E-state index in [1.165, 1.54) is 80.7 Å². The molecule has 254 valence electrons. The molecule has 0 saturated heterocycles. The molecule has 0 N–H and O–H groups in total. The molecule has 13 rings (SSSR count). The first-order chi connectivity index (χ1) is 27.3.